The standard InChI is InChI=1S/C11H18Br3Cl4O4P/c1-10(2,7-12)11(13,14)22-23(19,20-8(3-15)4-16)21-9(5-17)6-18/h8-9H,3-7H2,1-2H3. The van der Waals surface area contributed by atoms with E-state index < -0.39 is 28.9 Å². The fourth-order valence-corrected chi connectivity index (χ4v) is 6.42. The molecule has 0 aromatic heterocycles. The summed E-state index contributed by atoms with van der Waals surface area (Å²) >= 11 is 33.1. The average molecular weight is 627 g/mol. The van der Waals surface area contributed by atoms with Gasteiger partial charge in [0.15, 0.2) is 3.42 Å². The summed E-state index contributed by atoms with van der Waals surface area (Å²) in [5, 5.41) is 0.527. The SMILES string of the molecule is CC(C)(CBr)C(Br)(Br)OP(=O)(OC(CCl)CCl)OC(CCl)CCl. The minimum atomic E-state index is -4.08. The third kappa shape index (κ3) is 8.50. The molecular formula is C11H18Br3Cl4O4P. The molecule has 0 bridgehead atoms. The number of alkyl halides is 7. The van der Waals surface area contributed by atoms with Crippen LogP contribution in [0, 0.1) is 5.41 Å². The van der Waals surface area contributed by atoms with Gasteiger partial charge < -0.3 is 0 Å². The van der Waals surface area contributed by atoms with E-state index in [1.807, 2.05) is 13.8 Å². The van der Waals surface area contributed by atoms with E-state index in [-0.39, 0.29) is 23.5 Å². The van der Waals surface area contributed by atoms with Gasteiger partial charge in [0.05, 0.1) is 35.7 Å². The van der Waals surface area contributed by atoms with E-state index in [4.69, 9.17) is 60.0 Å². The first-order chi connectivity index (χ1) is 10.5. The quantitative estimate of drug-likeness (QED) is 0.179. The van der Waals surface area contributed by atoms with E-state index in [0.717, 1.165) is 0 Å². The molecule has 0 heterocycles. The summed E-state index contributed by atoms with van der Waals surface area (Å²) < 4.78 is 28.3. The van der Waals surface area contributed by atoms with Gasteiger partial charge in [-0.1, -0.05) is 29.8 Å². The topological polar surface area (TPSA) is 44.8 Å². The van der Waals surface area contributed by atoms with Crippen molar-refractivity contribution in [3.63, 3.8) is 0 Å². The smallest absolute Gasteiger partial charge is 0.281 e. The molecule has 12 heteroatoms. The maximum Gasteiger partial charge on any atom is 0.477 e. The Morgan fingerprint density at radius 2 is 1.30 bits per heavy atom. The monoisotopic (exact) mass is 622 g/mol. The van der Waals surface area contributed by atoms with Crippen molar-refractivity contribution in [3.8, 4) is 0 Å². The maximum atomic E-state index is 13.1. The van der Waals surface area contributed by atoms with Gasteiger partial charge in [-0.15, -0.1) is 46.4 Å². The van der Waals surface area contributed by atoms with Crippen LogP contribution in [0.2, 0.25) is 0 Å². The molecule has 0 saturated heterocycles. The van der Waals surface area contributed by atoms with Crippen molar-refractivity contribution in [1.82, 2.24) is 0 Å². The second kappa shape index (κ2) is 11.5. The Morgan fingerprint density at radius 3 is 1.57 bits per heavy atom. The predicted octanol–water partition coefficient (Wildman–Crippen LogP) is 6.70. The van der Waals surface area contributed by atoms with Crippen LogP contribution < -0.4 is 0 Å². The van der Waals surface area contributed by atoms with Gasteiger partial charge in [0, 0.05) is 10.7 Å². The minimum absolute atomic E-state index is 0.0199. The molecular weight excluding hydrogens is 609 g/mol. The largest absolute Gasteiger partial charge is 0.477 e. The first-order valence-corrected chi connectivity index (χ1v) is 12.7. The summed E-state index contributed by atoms with van der Waals surface area (Å²) in [6, 6.07) is 0. The average Bonchev–Trinajstić information content (AvgIpc) is 2.49. The van der Waals surface area contributed by atoms with E-state index in [9.17, 15) is 4.57 Å². The van der Waals surface area contributed by atoms with Crippen LogP contribution in [0.1, 0.15) is 13.8 Å². The normalized spacial score (nSPS) is 14.0. The predicted molar refractivity (Wildman–Crippen MR) is 109 cm³/mol. The highest BCUT2D eigenvalue weighted by atomic mass is 79.9. The first-order valence-electron chi connectivity index (χ1n) is 6.36. The molecule has 0 radical (unpaired) electrons. The summed E-state index contributed by atoms with van der Waals surface area (Å²) in [7, 11) is -4.08. The lowest BCUT2D eigenvalue weighted by molar-refractivity contribution is 0.0390. The number of rotatable bonds is 12. The van der Waals surface area contributed by atoms with Crippen LogP contribution in [-0.2, 0) is 18.1 Å². The van der Waals surface area contributed by atoms with Crippen molar-refractivity contribution in [2.45, 2.75) is 29.5 Å². The van der Waals surface area contributed by atoms with Gasteiger partial charge in [-0.25, -0.2) is 4.57 Å². The highest BCUT2D eigenvalue weighted by Gasteiger charge is 2.49. The van der Waals surface area contributed by atoms with Crippen molar-refractivity contribution in [3.05, 3.63) is 0 Å². The zero-order valence-electron chi connectivity index (χ0n) is 12.4. The molecule has 0 aliphatic carbocycles. The summed E-state index contributed by atoms with van der Waals surface area (Å²) in [4.78, 5) is 0. The molecule has 0 spiro atoms. The Morgan fingerprint density at radius 1 is 0.957 bits per heavy atom. The Balaban J connectivity index is 5.46. The van der Waals surface area contributed by atoms with Crippen LogP contribution in [0.15, 0.2) is 0 Å². The van der Waals surface area contributed by atoms with Crippen LogP contribution >= 0.6 is 102 Å². The summed E-state index contributed by atoms with van der Waals surface area (Å²) in [5.74, 6) is 0.0795. The molecule has 4 nitrogen and oxygen atoms in total. The van der Waals surface area contributed by atoms with E-state index in [0.29, 0.717) is 5.33 Å². The van der Waals surface area contributed by atoms with Gasteiger partial charge in [0.2, 0.25) is 0 Å². The molecule has 0 atom stereocenters. The number of halogens is 7. The molecule has 0 aliphatic heterocycles. The molecule has 0 unspecified atom stereocenters. The van der Waals surface area contributed by atoms with Gasteiger partial charge in [-0.3, -0.25) is 13.6 Å². The summed E-state index contributed by atoms with van der Waals surface area (Å²) in [5.41, 5.74) is -0.524. The zero-order valence-corrected chi connectivity index (χ0v) is 21.1. The molecule has 0 aromatic carbocycles. The molecule has 0 aromatic rings. The lowest BCUT2D eigenvalue weighted by Crippen LogP contribution is -2.38. The highest BCUT2D eigenvalue weighted by molar-refractivity contribution is 9.25. The Kier molecular flexibility index (Phi) is 12.9. The lowest BCUT2D eigenvalue weighted by Gasteiger charge is -2.38. The maximum absolute atomic E-state index is 13.1. The van der Waals surface area contributed by atoms with Gasteiger partial charge >= 0.3 is 7.82 Å². The van der Waals surface area contributed by atoms with Crippen molar-refractivity contribution in [2.24, 2.45) is 5.41 Å². The second-order valence-electron chi connectivity index (χ2n) is 5.14. The van der Waals surface area contributed by atoms with Crippen LogP contribution in [0.5, 0.6) is 0 Å². The van der Waals surface area contributed by atoms with E-state index in [1.165, 1.54) is 0 Å². The molecule has 0 N–H and O–H groups in total. The second-order valence-corrected chi connectivity index (χ2v) is 11.7. The van der Waals surface area contributed by atoms with Gasteiger partial charge in [-0.05, 0) is 31.9 Å². The molecule has 0 aliphatic rings. The van der Waals surface area contributed by atoms with Crippen molar-refractivity contribution in [1.29, 1.82) is 0 Å². The third-order valence-corrected chi connectivity index (χ3v) is 9.95. The highest BCUT2D eigenvalue weighted by Crippen LogP contribution is 2.61. The fraction of sp³-hybridized carbons (Fsp3) is 1.00. The van der Waals surface area contributed by atoms with Crippen LogP contribution in [0.25, 0.3) is 0 Å². The number of hydrogen-bond donors (Lipinski definition) is 0. The van der Waals surface area contributed by atoms with E-state index in [1.54, 1.807) is 0 Å². The van der Waals surface area contributed by atoms with Crippen LogP contribution in [0.3, 0.4) is 0 Å². The lowest BCUT2D eigenvalue weighted by atomic mass is 9.98. The number of hydrogen-bond acceptors (Lipinski definition) is 4. The number of phosphoric acid groups is 1. The molecule has 0 rings (SSSR count). The first kappa shape index (κ1) is 25.7. The fourth-order valence-electron chi connectivity index (χ4n) is 0.970. The Bertz CT molecular complexity index is 377. The Hall–Kier alpha value is 2.71. The molecule has 0 amide bonds. The zero-order chi connectivity index (χ0) is 18.3. The molecule has 23 heavy (non-hydrogen) atoms. The molecule has 0 saturated carbocycles. The van der Waals surface area contributed by atoms with Gasteiger partial charge in [0.25, 0.3) is 0 Å². The van der Waals surface area contributed by atoms with Gasteiger partial charge in [0.1, 0.15) is 0 Å². The van der Waals surface area contributed by atoms with Crippen molar-refractivity contribution >= 4 is 102 Å². The third-order valence-electron chi connectivity index (χ3n) is 2.59. The number of phosphoric ester groups is 1. The van der Waals surface area contributed by atoms with Crippen LogP contribution in [0.4, 0.5) is 0 Å². The molecule has 140 valence electrons. The van der Waals surface area contributed by atoms with Gasteiger partial charge in [-0.2, -0.15) is 0 Å². The summed E-state index contributed by atoms with van der Waals surface area (Å²) in [6.07, 6.45) is -1.45. The summed E-state index contributed by atoms with van der Waals surface area (Å²) in [6.45, 7) is 3.74. The molecule has 0 fully saturated rings. The van der Waals surface area contributed by atoms with E-state index >= 15 is 0 Å². The minimum Gasteiger partial charge on any atom is -0.281 e. The van der Waals surface area contributed by atoms with E-state index in [2.05, 4.69) is 47.8 Å². The van der Waals surface area contributed by atoms with Crippen molar-refractivity contribution in [2.75, 3.05) is 28.9 Å². The van der Waals surface area contributed by atoms with Crippen molar-refractivity contribution < 1.29 is 18.1 Å². The van der Waals surface area contributed by atoms with Crippen LogP contribution in [-0.4, -0.2) is 44.5 Å². The Labute approximate surface area is 182 Å².